The summed E-state index contributed by atoms with van der Waals surface area (Å²) in [7, 11) is 0. The van der Waals surface area contributed by atoms with E-state index in [9.17, 15) is 4.79 Å². The van der Waals surface area contributed by atoms with Crippen molar-refractivity contribution in [3.63, 3.8) is 0 Å². The number of hydrogen-bond donors (Lipinski definition) is 0. The van der Waals surface area contributed by atoms with Crippen molar-refractivity contribution < 1.29 is 4.79 Å². The van der Waals surface area contributed by atoms with Crippen molar-refractivity contribution >= 4 is 21.8 Å². The Balaban J connectivity index is 2.13. The summed E-state index contributed by atoms with van der Waals surface area (Å²) in [5.74, 6) is -0.0631. The number of halogens is 1. The van der Waals surface area contributed by atoms with Crippen LogP contribution in [0.25, 0.3) is 0 Å². The van der Waals surface area contributed by atoms with Gasteiger partial charge in [-0.05, 0) is 52.7 Å². The van der Waals surface area contributed by atoms with Gasteiger partial charge < -0.3 is 4.90 Å². The highest BCUT2D eigenvalue weighted by molar-refractivity contribution is 9.10. The molecule has 2 aromatic heterocycles. The summed E-state index contributed by atoms with van der Waals surface area (Å²) in [6.45, 7) is 3.16. The standard InChI is InChI=1S/C14H14BrN3O/c1-2-18(10-11-5-7-16-8-6-11)14(19)13-4-3-12(15)9-17-13/h3-9H,2,10H2,1H3. The molecule has 0 fully saturated rings. The van der Waals surface area contributed by atoms with Crippen LogP contribution in [0.5, 0.6) is 0 Å². The Kier molecular flexibility index (Phi) is 4.63. The second kappa shape index (κ2) is 6.43. The van der Waals surface area contributed by atoms with Gasteiger partial charge in [0.2, 0.25) is 0 Å². The second-order valence-electron chi connectivity index (χ2n) is 4.04. The molecule has 0 aliphatic heterocycles. The van der Waals surface area contributed by atoms with Crippen LogP contribution in [0, 0.1) is 0 Å². The molecule has 98 valence electrons. The van der Waals surface area contributed by atoms with Gasteiger partial charge in [0, 0.05) is 36.2 Å². The van der Waals surface area contributed by atoms with Crippen molar-refractivity contribution in [2.24, 2.45) is 0 Å². The first-order valence-corrected chi connectivity index (χ1v) is 6.79. The van der Waals surface area contributed by atoms with Crippen LogP contribution in [-0.2, 0) is 6.54 Å². The van der Waals surface area contributed by atoms with E-state index in [-0.39, 0.29) is 5.91 Å². The normalized spacial score (nSPS) is 10.2. The average molecular weight is 320 g/mol. The van der Waals surface area contributed by atoms with Crippen molar-refractivity contribution in [2.75, 3.05) is 6.54 Å². The number of carbonyl (C=O) groups excluding carboxylic acids is 1. The predicted molar refractivity (Wildman–Crippen MR) is 76.6 cm³/mol. The van der Waals surface area contributed by atoms with E-state index in [1.807, 2.05) is 25.1 Å². The van der Waals surface area contributed by atoms with Crippen molar-refractivity contribution in [3.8, 4) is 0 Å². The fraction of sp³-hybridized carbons (Fsp3) is 0.214. The zero-order valence-electron chi connectivity index (χ0n) is 10.6. The maximum atomic E-state index is 12.3. The van der Waals surface area contributed by atoms with Gasteiger partial charge >= 0.3 is 0 Å². The first-order valence-electron chi connectivity index (χ1n) is 6.00. The van der Waals surface area contributed by atoms with Gasteiger partial charge in [0.05, 0.1) is 0 Å². The van der Waals surface area contributed by atoms with E-state index in [0.717, 1.165) is 10.0 Å². The molecular weight excluding hydrogens is 306 g/mol. The lowest BCUT2D eigenvalue weighted by atomic mass is 10.2. The smallest absolute Gasteiger partial charge is 0.272 e. The van der Waals surface area contributed by atoms with Gasteiger partial charge in [-0.3, -0.25) is 9.78 Å². The lowest BCUT2D eigenvalue weighted by Crippen LogP contribution is -2.30. The topological polar surface area (TPSA) is 46.1 Å². The molecule has 2 heterocycles. The Labute approximate surface area is 120 Å². The molecule has 2 rings (SSSR count). The van der Waals surface area contributed by atoms with Crippen molar-refractivity contribution in [2.45, 2.75) is 13.5 Å². The third kappa shape index (κ3) is 3.61. The highest BCUT2D eigenvalue weighted by Crippen LogP contribution is 2.11. The molecule has 19 heavy (non-hydrogen) atoms. The van der Waals surface area contributed by atoms with Gasteiger partial charge in [-0.1, -0.05) is 0 Å². The number of nitrogens with zero attached hydrogens (tertiary/aromatic N) is 3. The van der Waals surface area contributed by atoms with Crippen LogP contribution in [0.1, 0.15) is 23.0 Å². The molecule has 0 N–H and O–H groups in total. The molecule has 2 aromatic rings. The molecule has 1 amide bonds. The fourth-order valence-electron chi connectivity index (χ4n) is 1.70. The molecule has 0 spiro atoms. The van der Waals surface area contributed by atoms with Gasteiger partial charge in [-0.15, -0.1) is 0 Å². The molecule has 0 atom stereocenters. The van der Waals surface area contributed by atoms with Gasteiger partial charge in [-0.25, -0.2) is 4.98 Å². The van der Waals surface area contributed by atoms with Crippen LogP contribution >= 0.6 is 15.9 Å². The van der Waals surface area contributed by atoms with Gasteiger partial charge in [0.25, 0.3) is 5.91 Å². The minimum atomic E-state index is -0.0631. The van der Waals surface area contributed by atoms with Crippen LogP contribution < -0.4 is 0 Å². The maximum Gasteiger partial charge on any atom is 0.272 e. The minimum Gasteiger partial charge on any atom is -0.333 e. The third-order valence-corrected chi connectivity index (χ3v) is 3.21. The number of pyridine rings is 2. The number of amides is 1. The molecule has 0 saturated carbocycles. The summed E-state index contributed by atoms with van der Waals surface area (Å²) in [6, 6.07) is 7.36. The number of carbonyl (C=O) groups is 1. The van der Waals surface area contributed by atoms with Crippen LogP contribution in [-0.4, -0.2) is 27.3 Å². The zero-order valence-corrected chi connectivity index (χ0v) is 12.2. The number of aromatic nitrogens is 2. The summed E-state index contributed by atoms with van der Waals surface area (Å²) >= 11 is 3.31. The number of hydrogen-bond acceptors (Lipinski definition) is 3. The van der Waals surface area contributed by atoms with Gasteiger partial charge in [0.15, 0.2) is 0 Å². The quantitative estimate of drug-likeness (QED) is 0.870. The molecule has 5 heteroatoms. The second-order valence-corrected chi connectivity index (χ2v) is 4.95. The molecule has 0 unspecified atom stereocenters. The Morgan fingerprint density at radius 2 is 2.00 bits per heavy atom. The summed E-state index contributed by atoms with van der Waals surface area (Å²) in [6.07, 6.45) is 5.09. The van der Waals surface area contributed by atoms with Gasteiger partial charge in [0.1, 0.15) is 5.69 Å². The number of rotatable bonds is 4. The van der Waals surface area contributed by atoms with E-state index in [1.165, 1.54) is 0 Å². The van der Waals surface area contributed by atoms with Crippen molar-refractivity contribution in [1.29, 1.82) is 0 Å². The van der Waals surface area contributed by atoms with Crippen LogP contribution in [0.2, 0.25) is 0 Å². The van der Waals surface area contributed by atoms with E-state index in [1.54, 1.807) is 29.6 Å². The van der Waals surface area contributed by atoms with Crippen LogP contribution in [0.3, 0.4) is 0 Å². The molecule has 4 nitrogen and oxygen atoms in total. The molecule has 0 aliphatic rings. The van der Waals surface area contributed by atoms with E-state index in [0.29, 0.717) is 18.8 Å². The zero-order chi connectivity index (χ0) is 13.7. The van der Waals surface area contributed by atoms with Crippen LogP contribution in [0.15, 0.2) is 47.3 Å². The summed E-state index contributed by atoms with van der Waals surface area (Å²) in [5, 5.41) is 0. The fourth-order valence-corrected chi connectivity index (χ4v) is 1.93. The van der Waals surface area contributed by atoms with Crippen molar-refractivity contribution in [3.05, 3.63) is 58.6 Å². The highest BCUT2D eigenvalue weighted by atomic mass is 79.9. The molecule has 0 bridgehead atoms. The summed E-state index contributed by atoms with van der Waals surface area (Å²) in [4.78, 5) is 22.2. The van der Waals surface area contributed by atoms with E-state index < -0.39 is 0 Å². The third-order valence-electron chi connectivity index (χ3n) is 2.74. The SMILES string of the molecule is CCN(Cc1ccncc1)C(=O)c1ccc(Br)cn1. The van der Waals surface area contributed by atoms with E-state index >= 15 is 0 Å². The highest BCUT2D eigenvalue weighted by Gasteiger charge is 2.15. The molecule has 0 aromatic carbocycles. The van der Waals surface area contributed by atoms with E-state index in [4.69, 9.17) is 0 Å². The summed E-state index contributed by atoms with van der Waals surface area (Å²) < 4.78 is 0.862. The van der Waals surface area contributed by atoms with Crippen LogP contribution in [0.4, 0.5) is 0 Å². The average Bonchev–Trinajstić information content (AvgIpc) is 2.46. The Bertz CT molecular complexity index is 542. The molecule has 0 aliphatic carbocycles. The molecule has 0 saturated heterocycles. The Hall–Kier alpha value is -1.75. The molecule has 0 radical (unpaired) electrons. The lowest BCUT2D eigenvalue weighted by Gasteiger charge is -2.20. The minimum absolute atomic E-state index is 0.0631. The summed E-state index contributed by atoms with van der Waals surface area (Å²) in [5.41, 5.74) is 1.52. The first-order chi connectivity index (χ1) is 9.20. The van der Waals surface area contributed by atoms with Crippen molar-refractivity contribution in [1.82, 2.24) is 14.9 Å². The van der Waals surface area contributed by atoms with E-state index in [2.05, 4.69) is 25.9 Å². The Morgan fingerprint density at radius 1 is 1.26 bits per heavy atom. The monoisotopic (exact) mass is 319 g/mol. The lowest BCUT2D eigenvalue weighted by molar-refractivity contribution is 0.0746. The first kappa shape index (κ1) is 13.7. The largest absolute Gasteiger partial charge is 0.333 e. The maximum absolute atomic E-state index is 12.3. The predicted octanol–water partition coefficient (Wildman–Crippen LogP) is 2.90. The van der Waals surface area contributed by atoms with Gasteiger partial charge in [-0.2, -0.15) is 0 Å². The molecular formula is C14H14BrN3O. The Morgan fingerprint density at radius 3 is 2.58 bits per heavy atom.